The summed E-state index contributed by atoms with van der Waals surface area (Å²) in [6.07, 6.45) is -1.52. The molecule has 1 aliphatic heterocycles. The highest BCUT2D eigenvalue weighted by molar-refractivity contribution is 8.15. The van der Waals surface area contributed by atoms with Gasteiger partial charge in [-0.25, -0.2) is 0 Å². The molecule has 158 valence electrons. The molecular weight excluding hydrogens is 429 g/mol. The maximum absolute atomic E-state index is 13.0. The second-order valence-electron chi connectivity index (χ2n) is 7.46. The predicted octanol–water partition coefficient (Wildman–Crippen LogP) is 5.43. The summed E-state index contributed by atoms with van der Waals surface area (Å²) in [5, 5.41) is 2.07. The second-order valence-corrected chi connectivity index (χ2v) is 8.58. The maximum atomic E-state index is 13.0. The Kier molecular flexibility index (Phi) is 4.65. The number of benzene rings is 2. The van der Waals surface area contributed by atoms with Gasteiger partial charge in [-0.2, -0.15) is 13.2 Å². The molecule has 1 unspecified atom stereocenters. The highest BCUT2D eigenvalue weighted by Gasteiger charge is 2.41. The van der Waals surface area contributed by atoms with E-state index in [-0.39, 0.29) is 22.6 Å². The number of pyridine rings is 1. The summed E-state index contributed by atoms with van der Waals surface area (Å²) >= 11 is 1.03. The lowest BCUT2D eigenvalue weighted by molar-refractivity contribution is -0.137. The second kappa shape index (κ2) is 7.26. The largest absolute Gasteiger partial charge is 0.457 e. The van der Waals surface area contributed by atoms with Crippen LogP contribution in [0.5, 0.6) is 11.5 Å². The first-order valence-electron chi connectivity index (χ1n) is 9.58. The lowest BCUT2D eigenvalue weighted by atomic mass is 9.97. The van der Waals surface area contributed by atoms with Crippen molar-refractivity contribution in [1.82, 2.24) is 10.3 Å². The maximum Gasteiger partial charge on any atom is 0.416 e. The summed E-state index contributed by atoms with van der Waals surface area (Å²) in [6.45, 7) is 0. The number of halogens is 3. The van der Waals surface area contributed by atoms with Crippen molar-refractivity contribution < 1.29 is 27.5 Å². The number of amides is 2. The molecule has 0 saturated carbocycles. The molecule has 0 radical (unpaired) electrons. The number of alkyl halides is 3. The van der Waals surface area contributed by atoms with E-state index in [0.29, 0.717) is 16.9 Å². The lowest BCUT2D eigenvalue weighted by Crippen LogP contribution is -2.27. The molecule has 5 nitrogen and oxygen atoms in total. The number of hydrogen-bond acceptors (Lipinski definition) is 5. The summed E-state index contributed by atoms with van der Waals surface area (Å²) in [6, 6.07) is 10.5. The minimum Gasteiger partial charge on any atom is -0.457 e. The van der Waals surface area contributed by atoms with Crippen molar-refractivity contribution in [2.24, 2.45) is 0 Å². The third kappa shape index (κ3) is 3.63. The molecular formula is C22H15F3N2O3S. The van der Waals surface area contributed by atoms with Crippen molar-refractivity contribution in [2.45, 2.75) is 30.2 Å². The van der Waals surface area contributed by atoms with Crippen LogP contribution in [-0.2, 0) is 17.4 Å². The number of aryl methyl sites for hydroxylation is 1. The number of imide groups is 1. The van der Waals surface area contributed by atoms with Gasteiger partial charge in [-0.05, 0) is 60.4 Å². The summed E-state index contributed by atoms with van der Waals surface area (Å²) in [4.78, 5) is 27.6. The fraction of sp³-hybridized carbons (Fsp3) is 0.227. The van der Waals surface area contributed by atoms with Crippen LogP contribution in [-0.4, -0.2) is 21.4 Å². The van der Waals surface area contributed by atoms with Gasteiger partial charge in [0.2, 0.25) is 5.91 Å². The standard InChI is InChI=1S/C22H15F3N2O3S/c23-22(24,25)12-2-5-16-17(10-12)26-8-7-18(16)30-13-3-6-14-11(9-13)1-4-15(14)19-20(28)27-21(29)31-19/h2-3,5-10,15,19H,1,4H2,(H,27,28,29)/t15-,19?/m1/s1. The van der Waals surface area contributed by atoms with E-state index in [1.54, 1.807) is 12.1 Å². The lowest BCUT2D eigenvalue weighted by Gasteiger charge is -2.16. The fourth-order valence-electron chi connectivity index (χ4n) is 4.15. The van der Waals surface area contributed by atoms with E-state index in [9.17, 15) is 22.8 Å². The van der Waals surface area contributed by atoms with Crippen LogP contribution in [0.4, 0.5) is 18.0 Å². The Labute approximate surface area is 179 Å². The van der Waals surface area contributed by atoms with Crippen molar-refractivity contribution in [2.75, 3.05) is 0 Å². The highest BCUT2D eigenvalue weighted by Crippen LogP contribution is 2.44. The Hall–Kier alpha value is -3.07. The average molecular weight is 444 g/mol. The van der Waals surface area contributed by atoms with Gasteiger partial charge in [-0.1, -0.05) is 17.8 Å². The summed E-state index contributed by atoms with van der Waals surface area (Å²) in [5.41, 5.74) is 1.49. The van der Waals surface area contributed by atoms with Crippen LogP contribution in [0, 0.1) is 0 Å². The third-order valence-corrected chi connectivity index (χ3v) is 6.69. The topological polar surface area (TPSA) is 68.3 Å². The monoisotopic (exact) mass is 444 g/mol. The molecule has 1 fully saturated rings. The Morgan fingerprint density at radius 1 is 1.10 bits per heavy atom. The van der Waals surface area contributed by atoms with Gasteiger partial charge in [0.25, 0.3) is 5.24 Å². The molecule has 1 aromatic heterocycles. The van der Waals surface area contributed by atoms with Gasteiger partial charge in [-0.3, -0.25) is 19.9 Å². The van der Waals surface area contributed by atoms with Gasteiger partial charge in [-0.15, -0.1) is 0 Å². The quantitative estimate of drug-likeness (QED) is 0.584. The molecule has 1 aliphatic carbocycles. The van der Waals surface area contributed by atoms with Crippen LogP contribution in [0.2, 0.25) is 0 Å². The Balaban J connectivity index is 1.42. The van der Waals surface area contributed by atoms with E-state index in [0.717, 1.165) is 47.9 Å². The predicted molar refractivity (Wildman–Crippen MR) is 109 cm³/mol. The molecule has 1 saturated heterocycles. The molecule has 5 rings (SSSR count). The van der Waals surface area contributed by atoms with Gasteiger partial charge in [0, 0.05) is 17.5 Å². The van der Waals surface area contributed by atoms with Crippen molar-refractivity contribution in [3.63, 3.8) is 0 Å². The van der Waals surface area contributed by atoms with Crippen molar-refractivity contribution in [1.29, 1.82) is 0 Å². The average Bonchev–Trinajstić information content (AvgIpc) is 3.28. The van der Waals surface area contributed by atoms with Crippen molar-refractivity contribution >= 4 is 33.8 Å². The third-order valence-electron chi connectivity index (χ3n) is 5.58. The van der Waals surface area contributed by atoms with E-state index in [4.69, 9.17) is 4.74 Å². The molecule has 2 amide bonds. The van der Waals surface area contributed by atoms with E-state index >= 15 is 0 Å². The van der Waals surface area contributed by atoms with Gasteiger partial charge in [0.15, 0.2) is 0 Å². The van der Waals surface area contributed by atoms with Crippen LogP contribution in [0.3, 0.4) is 0 Å². The zero-order chi connectivity index (χ0) is 21.8. The number of rotatable bonds is 3. The SMILES string of the molecule is O=C1NC(=O)C([C@@H]2CCc3cc(Oc4ccnc5cc(C(F)(F)F)ccc45)ccc32)S1. The number of hydrogen-bond donors (Lipinski definition) is 1. The number of fused-ring (bicyclic) bond motifs is 2. The minimum atomic E-state index is -4.44. The summed E-state index contributed by atoms with van der Waals surface area (Å²) in [5.74, 6) is 0.661. The van der Waals surface area contributed by atoms with Crippen molar-refractivity contribution in [3.8, 4) is 11.5 Å². The van der Waals surface area contributed by atoms with Gasteiger partial charge in [0.1, 0.15) is 16.7 Å². The Morgan fingerprint density at radius 2 is 1.94 bits per heavy atom. The Morgan fingerprint density at radius 3 is 2.68 bits per heavy atom. The molecule has 0 bridgehead atoms. The first-order valence-corrected chi connectivity index (χ1v) is 10.5. The van der Waals surface area contributed by atoms with Crippen LogP contribution in [0.25, 0.3) is 10.9 Å². The molecule has 31 heavy (non-hydrogen) atoms. The number of ether oxygens (including phenoxy) is 1. The van der Waals surface area contributed by atoms with E-state index in [1.807, 2.05) is 12.1 Å². The van der Waals surface area contributed by atoms with E-state index < -0.39 is 17.0 Å². The first-order chi connectivity index (χ1) is 14.8. The number of aromatic nitrogens is 1. The number of carbonyl (C=O) groups excluding carboxylic acids is 2. The molecule has 1 N–H and O–H groups in total. The van der Waals surface area contributed by atoms with Crippen LogP contribution >= 0.6 is 11.8 Å². The molecule has 2 aliphatic rings. The summed E-state index contributed by atoms with van der Waals surface area (Å²) < 4.78 is 44.9. The molecule has 3 aromatic rings. The van der Waals surface area contributed by atoms with E-state index in [1.165, 1.54) is 12.3 Å². The molecule has 9 heteroatoms. The number of thioether (sulfide) groups is 1. The van der Waals surface area contributed by atoms with Crippen LogP contribution in [0.15, 0.2) is 48.7 Å². The first kappa shape index (κ1) is 19.9. The fourth-order valence-corrected chi connectivity index (χ4v) is 5.16. The molecule has 2 heterocycles. The smallest absolute Gasteiger partial charge is 0.416 e. The number of carbonyl (C=O) groups is 2. The van der Waals surface area contributed by atoms with Gasteiger partial charge in [0.05, 0.1) is 11.1 Å². The Bertz CT molecular complexity index is 1230. The minimum absolute atomic E-state index is 0.0388. The molecule has 2 aromatic carbocycles. The summed E-state index contributed by atoms with van der Waals surface area (Å²) in [7, 11) is 0. The normalized spacial score (nSPS) is 20.7. The molecule has 0 spiro atoms. The van der Waals surface area contributed by atoms with Gasteiger partial charge < -0.3 is 4.74 Å². The van der Waals surface area contributed by atoms with Crippen LogP contribution < -0.4 is 10.1 Å². The zero-order valence-corrected chi connectivity index (χ0v) is 16.7. The zero-order valence-electron chi connectivity index (χ0n) is 15.9. The number of nitrogens with zero attached hydrogens (tertiary/aromatic N) is 1. The highest BCUT2D eigenvalue weighted by atomic mass is 32.2. The molecule has 2 atom stereocenters. The number of nitrogens with one attached hydrogen (secondary N) is 1. The van der Waals surface area contributed by atoms with E-state index in [2.05, 4.69) is 10.3 Å². The van der Waals surface area contributed by atoms with Crippen molar-refractivity contribution in [3.05, 3.63) is 65.4 Å². The van der Waals surface area contributed by atoms with Crippen LogP contribution in [0.1, 0.15) is 29.0 Å². The van der Waals surface area contributed by atoms with Gasteiger partial charge >= 0.3 is 6.18 Å².